The topological polar surface area (TPSA) is 227 Å². The van der Waals surface area contributed by atoms with Crippen LogP contribution in [0.25, 0.3) is 66.7 Å². The second-order valence-corrected chi connectivity index (χ2v) is 13.5. The van der Waals surface area contributed by atoms with Crippen LogP contribution in [0.3, 0.4) is 0 Å². The average Bonchev–Trinajstić information content (AvgIpc) is 3.25. The molecule has 0 unspecified atom stereocenters. The van der Waals surface area contributed by atoms with E-state index >= 15 is 0 Å². The summed E-state index contributed by atoms with van der Waals surface area (Å²) in [6.07, 6.45) is 4.08. The number of halogens is 1. The fourth-order valence-corrected chi connectivity index (χ4v) is 6.56. The van der Waals surface area contributed by atoms with Crippen LogP contribution < -0.4 is 22.2 Å². The molecule has 5 aromatic rings. The van der Waals surface area contributed by atoms with Crippen LogP contribution in [0, 0.1) is 25.6 Å². The SMILES string of the molecule is CCCCC.N=c1ccc2nc3c(cc(N)c4ccccc43)oc-2c1.Nc1ccc2nc3c4ccccc4c(=NCc4ccc([N+](=O)[O-])cc4[N+](=O)[O-])cc-3oc2c1.[2H]CF. The van der Waals surface area contributed by atoms with Crippen molar-refractivity contribution >= 4 is 66.5 Å². The van der Waals surface area contributed by atoms with Crippen LogP contribution in [-0.2, 0) is 6.54 Å². The molecule has 0 aromatic heterocycles. The Morgan fingerprint density at radius 3 is 2.13 bits per heavy atom. The largest absolute Gasteiger partial charge is 0.453 e. The van der Waals surface area contributed by atoms with Crippen molar-refractivity contribution < 1.29 is 24.4 Å². The monoisotopic (exact) mass is 809 g/mol. The summed E-state index contributed by atoms with van der Waals surface area (Å²) >= 11 is 0. The van der Waals surface area contributed by atoms with E-state index in [4.69, 9.17) is 32.1 Å². The predicted octanol–water partition coefficient (Wildman–Crippen LogP) is 10.5. The first-order chi connectivity index (χ1) is 29.5. The summed E-state index contributed by atoms with van der Waals surface area (Å²) in [5.41, 5.74) is 16.7. The molecule has 2 heterocycles. The Morgan fingerprint density at radius 2 is 1.45 bits per heavy atom. The van der Waals surface area contributed by atoms with Gasteiger partial charge in [-0.15, -0.1) is 0 Å². The van der Waals surface area contributed by atoms with Gasteiger partial charge in [0.2, 0.25) is 0 Å². The third-order valence-corrected chi connectivity index (χ3v) is 9.42. The Bertz CT molecular complexity index is 3100. The van der Waals surface area contributed by atoms with Gasteiger partial charge in [0.25, 0.3) is 11.4 Å². The number of aromatic nitrogens is 2. The van der Waals surface area contributed by atoms with Crippen LogP contribution >= 0.6 is 0 Å². The summed E-state index contributed by atoms with van der Waals surface area (Å²) in [6.45, 7) is 4.38. The van der Waals surface area contributed by atoms with E-state index in [1.807, 2.05) is 48.5 Å². The van der Waals surface area contributed by atoms with Crippen LogP contribution in [0.5, 0.6) is 0 Å². The number of nitrogens with two attached hydrogens (primary N) is 2. The highest BCUT2D eigenvalue weighted by Crippen LogP contribution is 2.33. The standard InChI is InChI=1S/C23H15N5O5.C16H11N3O.C5H12.CH3F/c24-14-6-8-18-21(9-14)33-22-11-19(16-3-1-2-4-17(16)23(22)26-18)25-12-13-5-7-15(27(29)30)10-20(13)28(31)32;17-9-5-6-13-14(7-9)20-15-8-12(18)10-3-1-2-4-11(10)16(15)19-13;1-3-5-4-2;1-2/h1-11H,12,24H2;1-8,17H,18H2;3-5H2,1-2H3;1H3/i;;;1D. The highest BCUT2D eigenvalue weighted by molar-refractivity contribution is 6.09. The lowest BCUT2D eigenvalue weighted by Gasteiger charge is -2.10. The van der Waals surface area contributed by atoms with E-state index in [1.165, 1.54) is 31.4 Å². The summed E-state index contributed by atoms with van der Waals surface area (Å²) in [5, 5.41) is 34.6. The molecule has 304 valence electrons. The minimum atomic E-state index is -1.00. The molecule has 0 saturated heterocycles. The number of nitrogen functional groups attached to an aromatic ring is 2. The lowest BCUT2D eigenvalue weighted by molar-refractivity contribution is -0.394. The Balaban J connectivity index is 0.000000187. The molecule has 0 fully saturated rings. The number of nitro benzene ring substituents is 2. The number of nitrogens with one attached hydrogen (secondary N) is 1. The number of non-ortho nitro benzene ring substituents is 1. The lowest BCUT2D eigenvalue weighted by Crippen LogP contribution is -2.08. The highest BCUT2D eigenvalue weighted by atomic mass is 19.1. The van der Waals surface area contributed by atoms with E-state index < -0.39 is 17.0 Å². The fraction of sp³-hybridized carbons (Fsp3) is 0.156. The van der Waals surface area contributed by atoms with E-state index in [0.29, 0.717) is 56.0 Å². The number of hydrogen-bond acceptors (Lipinski definition) is 12. The summed E-state index contributed by atoms with van der Waals surface area (Å²) in [4.78, 5) is 35.1. The van der Waals surface area contributed by atoms with Gasteiger partial charge in [-0.05, 0) is 30.3 Å². The van der Waals surface area contributed by atoms with E-state index in [-0.39, 0.29) is 23.5 Å². The first-order valence-electron chi connectivity index (χ1n) is 19.5. The predicted molar refractivity (Wildman–Crippen MR) is 232 cm³/mol. The second kappa shape index (κ2) is 18.6. The molecule has 2 aliphatic carbocycles. The molecule has 15 heteroatoms. The van der Waals surface area contributed by atoms with Gasteiger partial charge in [-0.2, -0.15) is 0 Å². The van der Waals surface area contributed by atoms with Gasteiger partial charge < -0.3 is 25.7 Å². The number of alkyl halides is 1. The molecule has 14 nitrogen and oxygen atoms in total. The van der Waals surface area contributed by atoms with E-state index in [0.717, 1.165) is 38.8 Å². The van der Waals surface area contributed by atoms with Crippen LogP contribution in [0.2, 0.25) is 0 Å². The number of unbranched alkanes of at least 4 members (excludes halogenated alkanes) is 2. The van der Waals surface area contributed by atoms with E-state index in [1.54, 1.807) is 48.5 Å². The molecule has 5 aromatic carbocycles. The Labute approximate surface area is 343 Å². The molecule has 0 radical (unpaired) electrons. The third-order valence-electron chi connectivity index (χ3n) is 9.42. The van der Waals surface area contributed by atoms with Gasteiger partial charge in [0.05, 0.1) is 47.3 Å². The summed E-state index contributed by atoms with van der Waals surface area (Å²) in [5.74, 6) is 1.09. The summed E-state index contributed by atoms with van der Waals surface area (Å²) < 4.78 is 27.4. The highest BCUT2D eigenvalue weighted by Gasteiger charge is 2.20. The van der Waals surface area contributed by atoms with Gasteiger partial charge in [-0.1, -0.05) is 81.6 Å². The number of benzene rings is 7. The molecule has 0 spiro atoms. The lowest BCUT2D eigenvalue weighted by atomic mass is 10.0. The van der Waals surface area contributed by atoms with Crippen molar-refractivity contribution in [1.29, 1.82) is 5.41 Å². The van der Waals surface area contributed by atoms with Crippen LogP contribution in [0.1, 0.15) is 40.0 Å². The number of fused-ring (bicyclic) bond motifs is 8. The first kappa shape index (κ1) is 40.4. The molecule has 0 bridgehead atoms. The number of nitro groups is 2. The van der Waals surface area contributed by atoms with Gasteiger partial charge in [-0.3, -0.25) is 29.6 Å². The number of anilines is 2. The Morgan fingerprint density at radius 1 is 0.767 bits per heavy atom. The summed E-state index contributed by atoms with van der Waals surface area (Å²) in [6, 6.07) is 32.8. The van der Waals surface area contributed by atoms with Crippen LogP contribution in [0.15, 0.2) is 129 Å². The maximum Gasteiger partial charge on any atom is 0.281 e. The molecular formula is C45H41FN8O6. The fourth-order valence-electron chi connectivity index (χ4n) is 6.56. The zero-order valence-electron chi connectivity index (χ0n) is 33.7. The van der Waals surface area contributed by atoms with Crippen molar-refractivity contribution in [2.24, 2.45) is 4.99 Å². The van der Waals surface area contributed by atoms with Gasteiger partial charge in [0.15, 0.2) is 22.7 Å². The molecule has 0 atom stereocenters. The zero-order chi connectivity index (χ0) is 43.6. The van der Waals surface area contributed by atoms with Crippen molar-refractivity contribution in [2.75, 3.05) is 18.6 Å². The molecule has 9 rings (SSSR count). The van der Waals surface area contributed by atoms with Crippen molar-refractivity contribution in [1.82, 2.24) is 9.97 Å². The normalized spacial score (nSPS) is 11.4. The Kier molecular flexibility index (Phi) is 12.5. The van der Waals surface area contributed by atoms with Gasteiger partial charge in [-0.25, -0.2) is 9.97 Å². The van der Waals surface area contributed by atoms with Crippen molar-refractivity contribution in [3.05, 3.63) is 152 Å². The minimum Gasteiger partial charge on any atom is -0.453 e. The number of nitrogens with zero attached hydrogens (tertiary/aromatic N) is 5. The molecule has 0 amide bonds. The maximum atomic E-state index is 11.5. The third kappa shape index (κ3) is 9.00. The molecular weight excluding hydrogens is 768 g/mol. The average molecular weight is 810 g/mol. The van der Waals surface area contributed by atoms with Crippen molar-refractivity contribution in [3.8, 4) is 22.9 Å². The maximum absolute atomic E-state index is 11.5. The zero-order valence-corrected chi connectivity index (χ0v) is 32.7. The molecule has 60 heavy (non-hydrogen) atoms. The molecule has 5 N–H and O–H groups in total. The molecule has 0 saturated carbocycles. The number of rotatable bonds is 6. The van der Waals surface area contributed by atoms with Crippen LogP contribution in [-0.4, -0.2) is 27.0 Å². The van der Waals surface area contributed by atoms with E-state index in [9.17, 15) is 24.6 Å². The van der Waals surface area contributed by atoms with Crippen molar-refractivity contribution in [3.63, 3.8) is 0 Å². The van der Waals surface area contributed by atoms with Crippen LogP contribution in [0.4, 0.5) is 27.1 Å². The van der Waals surface area contributed by atoms with Gasteiger partial charge in [0.1, 0.15) is 22.4 Å². The van der Waals surface area contributed by atoms with Crippen molar-refractivity contribution in [2.45, 2.75) is 39.7 Å². The minimum absolute atomic E-state index is 0.0439. The Hall–Kier alpha value is -7.81. The quantitative estimate of drug-likeness (QED) is 0.0473. The summed E-state index contributed by atoms with van der Waals surface area (Å²) in [7, 11) is -1.00. The van der Waals surface area contributed by atoms with E-state index in [2.05, 4.69) is 23.8 Å². The molecule has 4 aliphatic rings. The molecule has 2 aliphatic heterocycles. The first-order valence-corrected chi connectivity index (χ1v) is 18.8. The second-order valence-electron chi connectivity index (χ2n) is 13.5. The smallest absolute Gasteiger partial charge is 0.281 e. The number of hydrogen-bond donors (Lipinski definition) is 3. The van der Waals surface area contributed by atoms with Gasteiger partial charge in [0, 0.05) is 63.3 Å². The van der Waals surface area contributed by atoms with Gasteiger partial charge >= 0.3 is 0 Å².